The Morgan fingerprint density at radius 2 is 1.74 bits per heavy atom. The second-order valence-corrected chi connectivity index (χ2v) is 11.5. The number of carbonyl (C=O) groups is 1. The Hall–Kier alpha value is -3.36. The molecule has 1 amide bonds. The van der Waals surface area contributed by atoms with Gasteiger partial charge in [-0.3, -0.25) is 9.69 Å². The molecule has 1 aliphatic heterocycles. The predicted molar refractivity (Wildman–Crippen MR) is 171 cm³/mol. The van der Waals surface area contributed by atoms with Crippen LogP contribution in [0, 0.1) is 0 Å². The van der Waals surface area contributed by atoms with Gasteiger partial charge in [0.2, 0.25) is 0 Å². The molecule has 0 saturated heterocycles. The molecule has 0 radical (unpaired) electrons. The molecular formula is C35H49N3O5. The van der Waals surface area contributed by atoms with E-state index in [1.165, 1.54) is 11.1 Å². The van der Waals surface area contributed by atoms with Crippen LogP contribution in [0.15, 0.2) is 34.9 Å². The fraction of sp³-hybridized carbons (Fsp3) is 0.543. The molecule has 43 heavy (non-hydrogen) atoms. The molecule has 0 spiro atoms. The molecule has 0 aliphatic carbocycles. The number of fused-ring (bicyclic) bond motifs is 1. The van der Waals surface area contributed by atoms with Crippen molar-refractivity contribution in [3.05, 3.63) is 52.7 Å². The van der Waals surface area contributed by atoms with Crippen molar-refractivity contribution in [2.75, 3.05) is 46.6 Å². The maximum Gasteiger partial charge on any atom is 0.274 e. The summed E-state index contributed by atoms with van der Waals surface area (Å²) in [6.07, 6.45) is 4.92. The van der Waals surface area contributed by atoms with Gasteiger partial charge >= 0.3 is 0 Å². The smallest absolute Gasteiger partial charge is 0.274 e. The van der Waals surface area contributed by atoms with Gasteiger partial charge in [-0.25, -0.2) is 0 Å². The third-order valence-electron chi connectivity index (χ3n) is 7.93. The summed E-state index contributed by atoms with van der Waals surface area (Å²) in [7, 11) is 1.74. The standard InChI is InChI=1S/C35H49N3O5/c1-7-10-17-41-30-22-31(42-18-11-8-2)29(21-28(30)24(4)5)34-32(33(37-43-34)35(39)36-9-3)26-12-13-27-23-38(16-19-40-6)15-14-25(27)20-26/h12-13,20-22,24H,7-11,14-19,23H2,1-6H3,(H,36,39). The second-order valence-electron chi connectivity index (χ2n) is 11.5. The summed E-state index contributed by atoms with van der Waals surface area (Å²) in [5, 5.41) is 7.26. The average molecular weight is 592 g/mol. The van der Waals surface area contributed by atoms with Gasteiger partial charge in [0.05, 0.1) is 30.9 Å². The number of rotatable bonds is 16. The third kappa shape index (κ3) is 7.98. The van der Waals surface area contributed by atoms with Crippen LogP contribution in [0.25, 0.3) is 22.5 Å². The predicted octanol–water partition coefficient (Wildman–Crippen LogP) is 7.24. The first-order chi connectivity index (χ1) is 20.9. The fourth-order valence-electron chi connectivity index (χ4n) is 5.42. The lowest BCUT2D eigenvalue weighted by Crippen LogP contribution is -2.33. The Morgan fingerprint density at radius 3 is 2.42 bits per heavy atom. The molecule has 4 rings (SSSR count). The number of amides is 1. The summed E-state index contributed by atoms with van der Waals surface area (Å²) in [6, 6.07) is 10.6. The van der Waals surface area contributed by atoms with E-state index in [0.29, 0.717) is 36.8 Å². The summed E-state index contributed by atoms with van der Waals surface area (Å²) < 4.78 is 24.0. The first kappa shape index (κ1) is 32.6. The molecule has 2 heterocycles. The third-order valence-corrected chi connectivity index (χ3v) is 7.93. The van der Waals surface area contributed by atoms with Crippen LogP contribution >= 0.6 is 0 Å². The van der Waals surface area contributed by atoms with Crippen LogP contribution in [-0.4, -0.2) is 62.5 Å². The number of nitrogens with zero attached hydrogens (tertiary/aromatic N) is 2. The zero-order valence-electron chi connectivity index (χ0n) is 26.9. The van der Waals surface area contributed by atoms with E-state index in [1.807, 2.05) is 13.0 Å². The van der Waals surface area contributed by atoms with E-state index >= 15 is 0 Å². The van der Waals surface area contributed by atoms with Gasteiger partial charge in [-0.1, -0.05) is 63.9 Å². The summed E-state index contributed by atoms with van der Waals surface area (Å²) >= 11 is 0. The van der Waals surface area contributed by atoms with E-state index in [4.69, 9.17) is 18.7 Å². The van der Waals surface area contributed by atoms with Crippen molar-refractivity contribution in [3.8, 4) is 33.9 Å². The molecule has 0 fully saturated rings. The number of ether oxygens (including phenoxy) is 3. The number of benzene rings is 2. The highest BCUT2D eigenvalue weighted by Crippen LogP contribution is 2.44. The minimum Gasteiger partial charge on any atom is -0.493 e. The van der Waals surface area contributed by atoms with Crippen molar-refractivity contribution in [1.29, 1.82) is 0 Å². The molecule has 0 unspecified atom stereocenters. The number of hydrogen-bond donors (Lipinski definition) is 1. The number of nitrogens with one attached hydrogen (secondary N) is 1. The van der Waals surface area contributed by atoms with Gasteiger partial charge in [0.15, 0.2) is 11.5 Å². The molecule has 1 aliphatic rings. The van der Waals surface area contributed by atoms with Gasteiger partial charge in [-0.2, -0.15) is 0 Å². The lowest BCUT2D eigenvalue weighted by Gasteiger charge is -2.28. The highest BCUT2D eigenvalue weighted by molar-refractivity contribution is 6.02. The Bertz CT molecular complexity index is 1350. The number of unbranched alkanes of at least 4 members (excludes halogenated alkanes) is 2. The summed E-state index contributed by atoms with van der Waals surface area (Å²) in [5.74, 6) is 1.99. The highest BCUT2D eigenvalue weighted by Gasteiger charge is 2.29. The van der Waals surface area contributed by atoms with Gasteiger partial charge in [-0.05, 0) is 60.4 Å². The Kier molecular flexibility index (Phi) is 12.1. The summed E-state index contributed by atoms with van der Waals surface area (Å²) in [4.78, 5) is 15.7. The van der Waals surface area contributed by atoms with Gasteiger partial charge in [0, 0.05) is 39.4 Å². The zero-order valence-corrected chi connectivity index (χ0v) is 26.9. The molecule has 0 saturated carbocycles. The van der Waals surface area contributed by atoms with E-state index in [1.54, 1.807) is 7.11 Å². The minimum atomic E-state index is -0.256. The summed E-state index contributed by atoms with van der Waals surface area (Å²) in [6.45, 7) is 15.7. The Labute approximate surface area is 257 Å². The number of aromatic nitrogens is 1. The molecule has 2 aromatic carbocycles. The molecule has 8 nitrogen and oxygen atoms in total. The lowest BCUT2D eigenvalue weighted by atomic mass is 9.91. The van der Waals surface area contributed by atoms with Gasteiger partial charge in [-0.15, -0.1) is 0 Å². The molecule has 1 N–H and O–H groups in total. The molecular weight excluding hydrogens is 542 g/mol. The van der Waals surface area contributed by atoms with E-state index in [-0.39, 0.29) is 17.5 Å². The van der Waals surface area contributed by atoms with Crippen LogP contribution in [0.3, 0.4) is 0 Å². The van der Waals surface area contributed by atoms with E-state index in [0.717, 1.165) is 80.8 Å². The second kappa shape index (κ2) is 15.9. The quantitative estimate of drug-likeness (QED) is 0.176. The molecule has 8 heteroatoms. The normalized spacial score (nSPS) is 13.3. The Morgan fingerprint density at radius 1 is 1.00 bits per heavy atom. The van der Waals surface area contributed by atoms with Crippen molar-refractivity contribution in [3.63, 3.8) is 0 Å². The van der Waals surface area contributed by atoms with E-state index in [2.05, 4.69) is 67.3 Å². The first-order valence-electron chi connectivity index (χ1n) is 16.0. The van der Waals surface area contributed by atoms with Crippen molar-refractivity contribution in [1.82, 2.24) is 15.4 Å². The van der Waals surface area contributed by atoms with Crippen molar-refractivity contribution < 1.29 is 23.5 Å². The zero-order chi connectivity index (χ0) is 30.8. The average Bonchev–Trinajstić information content (AvgIpc) is 3.45. The maximum absolute atomic E-state index is 13.3. The monoisotopic (exact) mass is 591 g/mol. The SMILES string of the molecule is CCCCOc1cc(OCCCC)c(C(C)C)cc1-c1onc(C(=O)NCC)c1-c1ccc2c(c1)CCN(CCOC)C2. The number of methoxy groups -OCH3 is 1. The van der Waals surface area contributed by atoms with Gasteiger partial charge in [0.25, 0.3) is 5.91 Å². The molecule has 0 atom stereocenters. The number of hydrogen-bond acceptors (Lipinski definition) is 7. The van der Waals surface area contributed by atoms with Crippen LogP contribution in [0.2, 0.25) is 0 Å². The first-order valence-corrected chi connectivity index (χ1v) is 16.0. The van der Waals surface area contributed by atoms with Crippen LogP contribution in [0.4, 0.5) is 0 Å². The fourth-order valence-corrected chi connectivity index (χ4v) is 5.42. The van der Waals surface area contributed by atoms with E-state index in [9.17, 15) is 4.79 Å². The summed E-state index contributed by atoms with van der Waals surface area (Å²) in [5.41, 5.74) is 6.30. The topological polar surface area (TPSA) is 86.1 Å². The maximum atomic E-state index is 13.3. The lowest BCUT2D eigenvalue weighted by molar-refractivity contribution is 0.0947. The van der Waals surface area contributed by atoms with Crippen molar-refractivity contribution >= 4 is 5.91 Å². The Balaban J connectivity index is 1.84. The number of carbonyl (C=O) groups excluding carboxylic acids is 1. The van der Waals surface area contributed by atoms with Crippen molar-refractivity contribution in [2.24, 2.45) is 0 Å². The van der Waals surface area contributed by atoms with Gasteiger partial charge in [0.1, 0.15) is 11.5 Å². The largest absolute Gasteiger partial charge is 0.493 e. The molecule has 1 aromatic heterocycles. The highest BCUT2D eigenvalue weighted by atomic mass is 16.5. The molecule has 234 valence electrons. The van der Waals surface area contributed by atoms with E-state index < -0.39 is 0 Å². The van der Waals surface area contributed by atoms with Crippen LogP contribution < -0.4 is 14.8 Å². The van der Waals surface area contributed by atoms with Crippen molar-refractivity contribution in [2.45, 2.75) is 79.2 Å². The van der Waals surface area contributed by atoms with Gasteiger partial charge < -0.3 is 24.1 Å². The minimum absolute atomic E-state index is 0.207. The van der Waals surface area contributed by atoms with Crippen LogP contribution in [0.1, 0.15) is 93.4 Å². The molecule has 0 bridgehead atoms. The van der Waals surface area contributed by atoms with Crippen LogP contribution in [-0.2, 0) is 17.7 Å². The molecule has 3 aromatic rings. The van der Waals surface area contributed by atoms with Crippen LogP contribution in [0.5, 0.6) is 11.5 Å².